The Hall–Kier alpha value is -0.930. The van der Waals surface area contributed by atoms with Gasteiger partial charge in [0.15, 0.2) is 0 Å². The number of piperazine rings is 1. The topological polar surface area (TPSA) is 15.3 Å². The smallest absolute Gasteiger partial charge is 0.123 e. The first kappa shape index (κ1) is 13.5. The van der Waals surface area contributed by atoms with Gasteiger partial charge in [0, 0.05) is 31.7 Å². The van der Waals surface area contributed by atoms with Gasteiger partial charge in [0.25, 0.3) is 0 Å². The fourth-order valence-electron chi connectivity index (χ4n) is 2.67. The van der Waals surface area contributed by atoms with E-state index in [4.69, 9.17) is 0 Å². The molecule has 0 aliphatic carbocycles. The summed E-state index contributed by atoms with van der Waals surface area (Å²) < 4.78 is 12.9. The Kier molecular flexibility index (Phi) is 4.36. The maximum absolute atomic E-state index is 12.9. The Morgan fingerprint density at radius 3 is 2.61 bits per heavy atom. The molecule has 2 rings (SSSR count). The summed E-state index contributed by atoms with van der Waals surface area (Å²) in [5.74, 6) is 0.471. The van der Waals surface area contributed by atoms with Crippen LogP contribution in [0.4, 0.5) is 4.39 Å². The van der Waals surface area contributed by atoms with Crippen molar-refractivity contribution < 1.29 is 4.39 Å². The number of nitrogens with zero attached hydrogens (tertiary/aromatic N) is 1. The molecule has 1 N–H and O–H groups in total. The first-order chi connectivity index (χ1) is 8.56. The summed E-state index contributed by atoms with van der Waals surface area (Å²) in [5, 5.41) is 3.54. The van der Waals surface area contributed by atoms with E-state index in [-0.39, 0.29) is 5.82 Å². The fraction of sp³-hybridized carbons (Fsp3) is 0.600. The standard InChI is InChI=1S/C15H23FN2/c1-11(2)15-8-17-12(3)9-18(15)10-13-4-6-14(16)7-5-13/h4-7,11-12,15,17H,8-10H2,1-3H3/t12-,15+/m0/s1. The molecule has 1 fully saturated rings. The normalized spacial score (nSPS) is 25.6. The number of halogens is 1. The zero-order valence-electron chi connectivity index (χ0n) is 11.5. The highest BCUT2D eigenvalue weighted by molar-refractivity contribution is 5.16. The molecule has 1 saturated heterocycles. The minimum absolute atomic E-state index is 0.159. The van der Waals surface area contributed by atoms with Gasteiger partial charge in [0.1, 0.15) is 5.82 Å². The lowest BCUT2D eigenvalue weighted by atomic mass is 9.98. The Bertz CT molecular complexity index is 375. The van der Waals surface area contributed by atoms with Crippen LogP contribution in [0, 0.1) is 11.7 Å². The highest BCUT2D eigenvalue weighted by Gasteiger charge is 2.27. The second-order valence-electron chi connectivity index (χ2n) is 5.68. The number of hydrogen-bond acceptors (Lipinski definition) is 2. The molecular formula is C15H23FN2. The maximum Gasteiger partial charge on any atom is 0.123 e. The van der Waals surface area contributed by atoms with Gasteiger partial charge in [-0.3, -0.25) is 4.90 Å². The average Bonchev–Trinajstić information content (AvgIpc) is 2.32. The van der Waals surface area contributed by atoms with Crippen molar-refractivity contribution in [2.45, 2.75) is 39.4 Å². The van der Waals surface area contributed by atoms with Gasteiger partial charge in [-0.25, -0.2) is 4.39 Å². The van der Waals surface area contributed by atoms with Gasteiger partial charge in [-0.15, -0.1) is 0 Å². The Morgan fingerprint density at radius 2 is 2.00 bits per heavy atom. The van der Waals surface area contributed by atoms with Crippen LogP contribution >= 0.6 is 0 Å². The van der Waals surface area contributed by atoms with E-state index in [1.807, 2.05) is 12.1 Å². The zero-order chi connectivity index (χ0) is 13.1. The van der Waals surface area contributed by atoms with E-state index >= 15 is 0 Å². The van der Waals surface area contributed by atoms with Crippen LogP contribution in [0.15, 0.2) is 24.3 Å². The maximum atomic E-state index is 12.9. The second kappa shape index (κ2) is 5.81. The van der Waals surface area contributed by atoms with Crippen molar-refractivity contribution in [2.75, 3.05) is 13.1 Å². The minimum atomic E-state index is -0.159. The van der Waals surface area contributed by atoms with Crippen molar-refractivity contribution in [1.82, 2.24) is 10.2 Å². The van der Waals surface area contributed by atoms with Crippen molar-refractivity contribution in [2.24, 2.45) is 5.92 Å². The molecule has 1 heterocycles. The minimum Gasteiger partial charge on any atom is -0.311 e. The number of nitrogens with one attached hydrogen (secondary N) is 1. The van der Waals surface area contributed by atoms with Crippen LogP contribution in [0.1, 0.15) is 26.3 Å². The zero-order valence-corrected chi connectivity index (χ0v) is 11.5. The molecule has 2 atom stereocenters. The van der Waals surface area contributed by atoms with E-state index in [0.717, 1.165) is 19.6 Å². The van der Waals surface area contributed by atoms with Crippen molar-refractivity contribution >= 4 is 0 Å². The van der Waals surface area contributed by atoms with Crippen LogP contribution in [0.2, 0.25) is 0 Å². The third kappa shape index (κ3) is 3.30. The van der Waals surface area contributed by atoms with Crippen molar-refractivity contribution in [3.05, 3.63) is 35.6 Å². The van der Waals surface area contributed by atoms with Crippen molar-refractivity contribution in [3.63, 3.8) is 0 Å². The van der Waals surface area contributed by atoms with E-state index < -0.39 is 0 Å². The molecule has 0 amide bonds. The van der Waals surface area contributed by atoms with E-state index in [1.165, 1.54) is 5.56 Å². The van der Waals surface area contributed by atoms with Crippen molar-refractivity contribution in [3.8, 4) is 0 Å². The highest BCUT2D eigenvalue weighted by Crippen LogP contribution is 2.18. The van der Waals surface area contributed by atoms with Gasteiger partial charge in [0.05, 0.1) is 0 Å². The molecular weight excluding hydrogens is 227 g/mol. The Labute approximate surface area is 109 Å². The third-order valence-electron chi connectivity index (χ3n) is 3.72. The number of rotatable bonds is 3. The molecule has 1 aliphatic rings. The molecule has 1 aromatic carbocycles. The lowest BCUT2D eigenvalue weighted by Crippen LogP contribution is -2.56. The molecule has 100 valence electrons. The largest absolute Gasteiger partial charge is 0.311 e. The molecule has 18 heavy (non-hydrogen) atoms. The second-order valence-corrected chi connectivity index (χ2v) is 5.68. The molecule has 3 heteroatoms. The number of hydrogen-bond donors (Lipinski definition) is 1. The van der Waals surface area contributed by atoms with Gasteiger partial charge in [-0.1, -0.05) is 26.0 Å². The third-order valence-corrected chi connectivity index (χ3v) is 3.72. The summed E-state index contributed by atoms with van der Waals surface area (Å²) in [7, 11) is 0. The monoisotopic (exact) mass is 250 g/mol. The predicted molar refractivity (Wildman–Crippen MR) is 72.9 cm³/mol. The van der Waals surface area contributed by atoms with Gasteiger partial charge >= 0.3 is 0 Å². The molecule has 1 aromatic rings. The van der Waals surface area contributed by atoms with Crippen LogP contribution in [-0.2, 0) is 6.54 Å². The molecule has 0 saturated carbocycles. The highest BCUT2D eigenvalue weighted by atomic mass is 19.1. The van der Waals surface area contributed by atoms with Crippen LogP contribution in [0.3, 0.4) is 0 Å². The Balaban J connectivity index is 2.06. The van der Waals surface area contributed by atoms with E-state index in [1.54, 1.807) is 12.1 Å². The number of benzene rings is 1. The average molecular weight is 250 g/mol. The summed E-state index contributed by atoms with van der Waals surface area (Å²) in [6.45, 7) is 9.75. The van der Waals surface area contributed by atoms with Gasteiger partial charge in [0.2, 0.25) is 0 Å². The SMILES string of the molecule is CC(C)[C@H]1CN[C@@H](C)CN1Cc1ccc(F)cc1. The lowest BCUT2D eigenvalue weighted by Gasteiger charge is -2.41. The fourth-order valence-corrected chi connectivity index (χ4v) is 2.67. The molecule has 0 bridgehead atoms. The first-order valence-corrected chi connectivity index (χ1v) is 6.78. The molecule has 0 aromatic heterocycles. The van der Waals surface area contributed by atoms with Crippen LogP contribution in [0.5, 0.6) is 0 Å². The summed E-state index contributed by atoms with van der Waals surface area (Å²) in [6, 6.07) is 7.96. The summed E-state index contributed by atoms with van der Waals surface area (Å²) >= 11 is 0. The molecule has 1 aliphatic heterocycles. The lowest BCUT2D eigenvalue weighted by molar-refractivity contribution is 0.0956. The van der Waals surface area contributed by atoms with Gasteiger partial charge < -0.3 is 5.32 Å². The molecule has 2 nitrogen and oxygen atoms in total. The van der Waals surface area contributed by atoms with E-state index in [0.29, 0.717) is 18.0 Å². The van der Waals surface area contributed by atoms with Crippen molar-refractivity contribution in [1.29, 1.82) is 0 Å². The van der Waals surface area contributed by atoms with Crippen LogP contribution in [0.25, 0.3) is 0 Å². The summed E-state index contributed by atoms with van der Waals surface area (Å²) in [6.07, 6.45) is 0. The quantitative estimate of drug-likeness (QED) is 0.887. The van der Waals surface area contributed by atoms with Crippen LogP contribution in [-0.4, -0.2) is 30.1 Å². The summed E-state index contributed by atoms with van der Waals surface area (Å²) in [4.78, 5) is 2.51. The van der Waals surface area contributed by atoms with Gasteiger partial charge in [-0.05, 0) is 30.5 Å². The summed E-state index contributed by atoms with van der Waals surface area (Å²) in [5.41, 5.74) is 1.19. The van der Waals surface area contributed by atoms with Crippen LogP contribution < -0.4 is 5.32 Å². The predicted octanol–water partition coefficient (Wildman–Crippen LogP) is 2.64. The van der Waals surface area contributed by atoms with E-state index in [2.05, 4.69) is 31.0 Å². The first-order valence-electron chi connectivity index (χ1n) is 6.78. The van der Waals surface area contributed by atoms with E-state index in [9.17, 15) is 4.39 Å². The van der Waals surface area contributed by atoms with Gasteiger partial charge in [-0.2, -0.15) is 0 Å². The Morgan fingerprint density at radius 1 is 1.33 bits per heavy atom. The molecule has 0 spiro atoms. The molecule has 0 radical (unpaired) electrons. The molecule has 0 unspecified atom stereocenters.